The van der Waals surface area contributed by atoms with Crippen molar-refractivity contribution in [2.45, 2.75) is 84.8 Å². The molecule has 0 radical (unpaired) electrons. The Balaban J connectivity index is 0. The first kappa shape index (κ1) is 28.3. The van der Waals surface area contributed by atoms with E-state index in [1.807, 2.05) is 48.5 Å². The second kappa shape index (κ2) is 13.3. The first-order valence-electron chi connectivity index (χ1n) is 9.63. The van der Waals surface area contributed by atoms with Gasteiger partial charge >= 0.3 is 0 Å². The van der Waals surface area contributed by atoms with Crippen LogP contribution in [0.1, 0.15) is 67.4 Å². The lowest BCUT2D eigenvalue weighted by molar-refractivity contribution is -0.0737. The zero-order chi connectivity index (χ0) is 21.7. The summed E-state index contributed by atoms with van der Waals surface area (Å²) in [5.74, 6) is 0. The second-order valence-corrected chi connectivity index (χ2v) is 8.47. The minimum atomic E-state index is -3.77. The molecule has 0 bridgehead atoms. The lowest BCUT2D eigenvalue weighted by Gasteiger charge is -2.28. The van der Waals surface area contributed by atoms with Crippen LogP contribution in [0.25, 0.3) is 0 Å². The summed E-state index contributed by atoms with van der Waals surface area (Å²) in [5.41, 5.74) is 0.0142. The van der Waals surface area contributed by atoms with Gasteiger partial charge < -0.3 is 9.47 Å². The smallest absolute Gasteiger partial charge is 0.297 e. The highest BCUT2D eigenvalue weighted by Gasteiger charge is 2.25. The van der Waals surface area contributed by atoms with Gasteiger partial charge in [-0.25, -0.2) is 0 Å². The first-order chi connectivity index (χ1) is 12.5. The van der Waals surface area contributed by atoms with Crippen molar-refractivity contribution in [2.75, 3.05) is 20.3 Å². The molecular formula is C21H40O5S. The van der Waals surface area contributed by atoms with Crippen LogP contribution in [-0.2, 0) is 23.8 Å². The van der Waals surface area contributed by atoms with E-state index in [1.54, 1.807) is 45.2 Å². The highest BCUT2D eigenvalue weighted by atomic mass is 32.2. The fourth-order valence-corrected chi connectivity index (χ4v) is 2.75. The van der Waals surface area contributed by atoms with Crippen LogP contribution in [0.15, 0.2) is 29.2 Å². The fraction of sp³-hybridized carbons (Fsp3) is 0.714. The maximum atomic E-state index is 12.2. The Morgan fingerprint density at radius 1 is 0.889 bits per heavy atom. The number of methoxy groups -OCH3 is 1. The molecule has 6 heteroatoms. The van der Waals surface area contributed by atoms with Crippen LogP contribution >= 0.6 is 0 Å². The molecule has 0 N–H and O–H groups in total. The van der Waals surface area contributed by atoms with Gasteiger partial charge in [0.2, 0.25) is 0 Å². The molecule has 1 aromatic carbocycles. The van der Waals surface area contributed by atoms with Crippen molar-refractivity contribution in [1.82, 2.24) is 0 Å². The van der Waals surface area contributed by atoms with Crippen molar-refractivity contribution < 1.29 is 22.1 Å². The molecule has 0 saturated heterocycles. The lowest BCUT2D eigenvalue weighted by Crippen LogP contribution is -2.34. The number of hydrogen-bond acceptors (Lipinski definition) is 5. The van der Waals surface area contributed by atoms with E-state index in [2.05, 4.69) is 0 Å². The van der Waals surface area contributed by atoms with E-state index in [-0.39, 0.29) is 17.1 Å². The van der Waals surface area contributed by atoms with Gasteiger partial charge in [0.05, 0.1) is 29.3 Å². The van der Waals surface area contributed by atoms with Gasteiger partial charge in [-0.15, -0.1) is 0 Å². The van der Waals surface area contributed by atoms with Gasteiger partial charge in [-0.2, -0.15) is 8.42 Å². The highest BCUT2D eigenvalue weighted by molar-refractivity contribution is 7.86. The molecule has 0 saturated carbocycles. The van der Waals surface area contributed by atoms with E-state index in [0.717, 1.165) is 5.56 Å². The quantitative estimate of drug-likeness (QED) is 0.518. The Morgan fingerprint density at radius 3 is 1.81 bits per heavy atom. The SMILES string of the molecule is CC.CC.COC(C)(C)CCOC(C)(C)COS(=O)(=O)c1ccc(C)cc1. The summed E-state index contributed by atoms with van der Waals surface area (Å²) in [6, 6.07) is 6.56. The molecule has 0 spiro atoms. The zero-order valence-corrected chi connectivity index (χ0v) is 19.7. The number of aryl methyl sites for hydroxylation is 1. The van der Waals surface area contributed by atoms with Crippen LogP contribution in [0.2, 0.25) is 0 Å². The molecule has 5 nitrogen and oxygen atoms in total. The molecular weight excluding hydrogens is 364 g/mol. The second-order valence-electron chi connectivity index (χ2n) is 6.85. The van der Waals surface area contributed by atoms with Gasteiger partial charge in [0.15, 0.2) is 0 Å². The Hall–Kier alpha value is -0.950. The summed E-state index contributed by atoms with van der Waals surface area (Å²) in [4.78, 5) is 0.152. The molecule has 0 atom stereocenters. The molecule has 0 amide bonds. The van der Waals surface area contributed by atoms with E-state index in [9.17, 15) is 8.42 Å². The van der Waals surface area contributed by atoms with Gasteiger partial charge in [0.1, 0.15) is 0 Å². The van der Waals surface area contributed by atoms with E-state index in [4.69, 9.17) is 13.7 Å². The Bertz CT molecular complexity index is 590. The van der Waals surface area contributed by atoms with Gasteiger partial charge in [0.25, 0.3) is 10.1 Å². The average molecular weight is 405 g/mol. The van der Waals surface area contributed by atoms with E-state index >= 15 is 0 Å². The summed E-state index contributed by atoms with van der Waals surface area (Å²) >= 11 is 0. The normalized spacial score (nSPS) is 11.8. The van der Waals surface area contributed by atoms with Crippen LogP contribution in [0.5, 0.6) is 0 Å². The summed E-state index contributed by atoms with van der Waals surface area (Å²) < 4.78 is 40.6. The standard InChI is InChI=1S/C17H28O5S.2C2H6/c1-14-7-9-15(10-8-14)23(18,19)22-13-17(4,5)21-12-11-16(2,3)20-6;2*1-2/h7-10H,11-13H2,1-6H3;2*1-2H3. The first-order valence-corrected chi connectivity index (χ1v) is 11.0. The minimum absolute atomic E-state index is 0.0450. The third kappa shape index (κ3) is 12.2. The molecule has 0 unspecified atom stereocenters. The van der Waals surface area contributed by atoms with Crippen molar-refractivity contribution in [3.63, 3.8) is 0 Å². The number of benzene rings is 1. The summed E-state index contributed by atoms with van der Waals surface area (Å²) in [6.07, 6.45) is 0.706. The predicted molar refractivity (Wildman–Crippen MR) is 113 cm³/mol. The van der Waals surface area contributed by atoms with Crippen molar-refractivity contribution in [2.24, 2.45) is 0 Å². The highest BCUT2D eigenvalue weighted by Crippen LogP contribution is 2.19. The molecule has 160 valence electrons. The molecule has 0 aliphatic heterocycles. The Morgan fingerprint density at radius 2 is 1.37 bits per heavy atom. The lowest BCUT2D eigenvalue weighted by atomic mass is 10.1. The molecule has 0 fully saturated rings. The van der Waals surface area contributed by atoms with Gasteiger partial charge in [-0.05, 0) is 53.2 Å². The Labute approximate surface area is 167 Å². The zero-order valence-electron chi connectivity index (χ0n) is 18.9. The van der Waals surface area contributed by atoms with Crippen molar-refractivity contribution in [3.8, 4) is 0 Å². The monoisotopic (exact) mass is 404 g/mol. The van der Waals surface area contributed by atoms with E-state index in [1.165, 1.54) is 0 Å². The molecule has 0 heterocycles. The molecule has 0 aliphatic carbocycles. The third-order valence-corrected chi connectivity index (χ3v) is 4.90. The Kier molecular flexibility index (Phi) is 13.9. The van der Waals surface area contributed by atoms with Crippen LogP contribution < -0.4 is 0 Å². The van der Waals surface area contributed by atoms with Crippen LogP contribution in [0.3, 0.4) is 0 Å². The molecule has 0 aromatic heterocycles. The topological polar surface area (TPSA) is 61.8 Å². The maximum Gasteiger partial charge on any atom is 0.297 e. The van der Waals surface area contributed by atoms with Gasteiger partial charge in [0, 0.05) is 7.11 Å². The van der Waals surface area contributed by atoms with E-state index < -0.39 is 15.7 Å². The number of hydrogen-bond donors (Lipinski definition) is 0. The largest absolute Gasteiger partial charge is 0.379 e. The number of rotatable bonds is 9. The summed E-state index contributed by atoms with van der Waals surface area (Å²) in [5, 5.41) is 0. The van der Waals surface area contributed by atoms with Crippen molar-refractivity contribution >= 4 is 10.1 Å². The van der Waals surface area contributed by atoms with Crippen LogP contribution in [-0.4, -0.2) is 39.9 Å². The summed E-state index contributed by atoms with van der Waals surface area (Å²) in [6.45, 7) is 17.9. The predicted octanol–water partition coefficient (Wildman–Crippen LogP) is 5.36. The molecule has 0 aliphatic rings. The van der Waals surface area contributed by atoms with E-state index in [0.29, 0.717) is 13.0 Å². The van der Waals surface area contributed by atoms with Gasteiger partial charge in [-0.1, -0.05) is 45.4 Å². The van der Waals surface area contributed by atoms with Gasteiger partial charge in [-0.3, -0.25) is 4.18 Å². The molecule has 1 aromatic rings. The van der Waals surface area contributed by atoms with Crippen LogP contribution in [0, 0.1) is 6.92 Å². The summed E-state index contributed by atoms with van der Waals surface area (Å²) in [7, 11) is -2.12. The maximum absolute atomic E-state index is 12.2. The number of ether oxygens (including phenoxy) is 2. The van der Waals surface area contributed by atoms with Crippen molar-refractivity contribution in [1.29, 1.82) is 0 Å². The third-order valence-electron chi connectivity index (χ3n) is 3.62. The average Bonchev–Trinajstić information content (AvgIpc) is 2.64. The van der Waals surface area contributed by atoms with Crippen LogP contribution in [0.4, 0.5) is 0 Å². The molecule has 1 rings (SSSR count). The molecule has 27 heavy (non-hydrogen) atoms. The fourth-order valence-electron chi connectivity index (χ4n) is 1.71. The minimum Gasteiger partial charge on any atom is -0.379 e. The van der Waals surface area contributed by atoms with Crippen molar-refractivity contribution in [3.05, 3.63) is 29.8 Å².